The van der Waals surface area contributed by atoms with E-state index in [1.165, 1.54) is 0 Å². The summed E-state index contributed by atoms with van der Waals surface area (Å²) in [6.07, 6.45) is 2.52. The normalized spacial score (nSPS) is 10.6. The van der Waals surface area contributed by atoms with Gasteiger partial charge in [0.1, 0.15) is 11.5 Å². The third kappa shape index (κ3) is 4.51. The maximum absolute atomic E-state index is 13.2. The van der Waals surface area contributed by atoms with Crippen molar-refractivity contribution < 1.29 is 13.9 Å². The summed E-state index contributed by atoms with van der Waals surface area (Å²) >= 11 is 1.64. The first kappa shape index (κ1) is 17.3. The lowest BCUT2D eigenvalue weighted by Gasteiger charge is -2.22. The van der Waals surface area contributed by atoms with Crippen LogP contribution < -0.4 is 4.74 Å². The molecule has 5 heteroatoms. The Morgan fingerprint density at radius 1 is 1.12 bits per heavy atom. The van der Waals surface area contributed by atoms with Crippen molar-refractivity contribution in [2.24, 2.45) is 0 Å². The molecule has 0 bridgehead atoms. The highest BCUT2D eigenvalue weighted by Gasteiger charge is 2.21. The van der Waals surface area contributed by atoms with Gasteiger partial charge in [-0.25, -0.2) is 0 Å². The fourth-order valence-corrected chi connectivity index (χ4v) is 3.25. The molecule has 2 aromatic heterocycles. The van der Waals surface area contributed by atoms with Crippen LogP contribution in [0.25, 0.3) is 0 Å². The lowest BCUT2D eigenvalue weighted by atomic mass is 10.1. The Morgan fingerprint density at radius 3 is 2.72 bits per heavy atom. The fraction of sp³-hybridized carbons (Fsp3) is 0.250. The van der Waals surface area contributed by atoms with Crippen LogP contribution in [0, 0.1) is 0 Å². The monoisotopic (exact) mass is 355 g/mol. The predicted molar refractivity (Wildman–Crippen MR) is 98.8 cm³/mol. The number of thiophene rings is 1. The van der Waals surface area contributed by atoms with Crippen LogP contribution in [0.15, 0.2) is 64.6 Å². The van der Waals surface area contributed by atoms with E-state index >= 15 is 0 Å². The van der Waals surface area contributed by atoms with Crippen molar-refractivity contribution in [3.8, 4) is 5.75 Å². The molecule has 0 aliphatic heterocycles. The second-order valence-corrected chi connectivity index (χ2v) is 6.70. The molecule has 0 atom stereocenters. The number of para-hydroxylation sites is 1. The summed E-state index contributed by atoms with van der Waals surface area (Å²) in [5, 5.41) is 2.02. The van der Waals surface area contributed by atoms with Gasteiger partial charge in [0.2, 0.25) is 0 Å². The zero-order valence-corrected chi connectivity index (χ0v) is 15.0. The number of ether oxygens (including phenoxy) is 1. The van der Waals surface area contributed by atoms with E-state index in [0.717, 1.165) is 17.1 Å². The van der Waals surface area contributed by atoms with E-state index in [2.05, 4.69) is 0 Å². The number of nitrogens with zero attached hydrogens (tertiary/aromatic N) is 1. The van der Waals surface area contributed by atoms with Crippen molar-refractivity contribution in [2.75, 3.05) is 6.61 Å². The Hall–Kier alpha value is -2.53. The number of carbonyl (C=O) groups excluding carboxylic acids is 1. The Morgan fingerprint density at radius 2 is 2.00 bits per heavy atom. The topological polar surface area (TPSA) is 42.7 Å². The zero-order chi connectivity index (χ0) is 17.5. The number of carbonyl (C=O) groups is 1. The number of furan rings is 1. The summed E-state index contributed by atoms with van der Waals surface area (Å²) in [4.78, 5) is 16.1. The molecule has 0 aliphatic rings. The Bertz CT molecular complexity index is 745. The maximum atomic E-state index is 13.2. The van der Waals surface area contributed by atoms with Gasteiger partial charge in [0, 0.05) is 4.88 Å². The Labute approximate surface area is 151 Å². The van der Waals surface area contributed by atoms with Gasteiger partial charge in [0.25, 0.3) is 5.91 Å². The first-order chi connectivity index (χ1) is 12.3. The van der Waals surface area contributed by atoms with Crippen molar-refractivity contribution in [3.63, 3.8) is 0 Å². The molecular formula is C20H21NO3S. The second kappa shape index (κ2) is 8.53. The average molecular weight is 355 g/mol. The number of hydrogen-bond acceptors (Lipinski definition) is 4. The highest BCUT2D eigenvalue weighted by molar-refractivity contribution is 7.09. The molecule has 0 spiro atoms. The van der Waals surface area contributed by atoms with Gasteiger partial charge in [-0.15, -0.1) is 11.3 Å². The van der Waals surface area contributed by atoms with Crippen LogP contribution in [0.2, 0.25) is 0 Å². The van der Waals surface area contributed by atoms with E-state index in [9.17, 15) is 4.79 Å². The van der Waals surface area contributed by atoms with Gasteiger partial charge in [-0.3, -0.25) is 4.79 Å². The van der Waals surface area contributed by atoms with Crippen LogP contribution in [0.5, 0.6) is 5.75 Å². The van der Waals surface area contributed by atoms with Gasteiger partial charge in [-0.05, 0) is 42.1 Å². The van der Waals surface area contributed by atoms with Crippen LogP contribution in [0.4, 0.5) is 0 Å². The first-order valence-electron chi connectivity index (χ1n) is 8.33. The van der Waals surface area contributed by atoms with Crippen molar-refractivity contribution >= 4 is 17.2 Å². The molecule has 2 heterocycles. The quantitative estimate of drug-likeness (QED) is 0.573. The van der Waals surface area contributed by atoms with Crippen LogP contribution in [0.3, 0.4) is 0 Å². The summed E-state index contributed by atoms with van der Waals surface area (Å²) < 4.78 is 11.2. The fourth-order valence-electron chi connectivity index (χ4n) is 2.53. The zero-order valence-electron chi connectivity index (χ0n) is 14.2. The summed E-state index contributed by atoms with van der Waals surface area (Å²) in [7, 11) is 0. The summed E-state index contributed by atoms with van der Waals surface area (Å²) in [5.41, 5.74) is 0.582. The highest BCUT2D eigenvalue weighted by atomic mass is 32.1. The molecule has 4 nitrogen and oxygen atoms in total. The molecular weight excluding hydrogens is 334 g/mol. The van der Waals surface area contributed by atoms with Crippen LogP contribution in [-0.4, -0.2) is 17.4 Å². The molecule has 0 fully saturated rings. The summed E-state index contributed by atoms with van der Waals surface area (Å²) in [6, 6.07) is 15.2. The Kier molecular flexibility index (Phi) is 5.90. The molecule has 1 amide bonds. The minimum absolute atomic E-state index is 0.0588. The van der Waals surface area contributed by atoms with Gasteiger partial charge in [-0.2, -0.15) is 0 Å². The molecule has 0 saturated heterocycles. The summed E-state index contributed by atoms with van der Waals surface area (Å²) in [6.45, 7) is 3.60. The molecule has 3 rings (SSSR count). The van der Waals surface area contributed by atoms with E-state index < -0.39 is 0 Å². The van der Waals surface area contributed by atoms with Crippen LogP contribution in [0.1, 0.15) is 34.3 Å². The highest BCUT2D eigenvalue weighted by Crippen LogP contribution is 2.23. The lowest BCUT2D eigenvalue weighted by Crippen LogP contribution is -2.30. The molecule has 0 aliphatic carbocycles. The molecule has 25 heavy (non-hydrogen) atoms. The number of amides is 1. The van der Waals surface area contributed by atoms with Gasteiger partial charge in [0.15, 0.2) is 0 Å². The molecule has 0 saturated carbocycles. The van der Waals surface area contributed by atoms with E-state index in [4.69, 9.17) is 9.15 Å². The molecule has 0 radical (unpaired) electrons. The van der Waals surface area contributed by atoms with Crippen molar-refractivity contribution in [2.45, 2.75) is 26.4 Å². The molecule has 1 aromatic carbocycles. The minimum Gasteiger partial charge on any atom is -0.493 e. The standard InChI is InChI=1S/C20H21NO3S/c1-2-11-24-19-10-4-3-9-18(19)20(22)21(14-16-7-5-12-23-16)15-17-8-6-13-25-17/h3-10,12-13H,2,11,14-15H2,1H3. The van der Waals surface area contributed by atoms with Gasteiger partial charge in [0.05, 0.1) is 31.5 Å². The number of benzene rings is 1. The minimum atomic E-state index is -0.0588. The molecule has 130 valence electrons. The average Bonchev–Trinajstić information content (AvgIpc) is 3.33. The first-order valence-corrected chi connectivity index (χ1v) is 9.21. The van der Waals surface area contributed by atoms with Gasteiger partial charge < -0.3 is 14.1 Å². The Balaban J connectivity index is 1.85. The smallest absolute Gasteiger partial charge is 0.258 e. The molecule has 3 aromatic rings. The largest absolute Gasteiger partial charge is 0.493 e. The van der Waals surface area contributed by atoms with Crippen LogP contribution in [-0.2, 0) is 13.1 Å². The van der Waals surface area contributed by atoms with Crippen LogP contribution >= 0.6 is 11.3 Å². The van der Waals surface area contributed by atoms with E-state index in [0.29, 0.717) is 31.0 Å². The molecule has 0 unspecified atom stereocenters. The predicted octanol–water partition coefficient (Wildman–Crippen LogP) is 4.97. The van der Waals surface area contributed by atoms with E-state index in [1.54, 1.807) is 22.5 Å². The van der Waals surface area contributed by atoms with Crippen molar-refractivity contribution in [3.05, 3.63) is 76.4 Å². The van der Waals surface area contributed by atoms with E-state index in [1.807, 2.05) is 60.8 Å². The number of hydrogen-bond donors (Lipinski definition) is 0. The third-order valence-corrected chi connectivity index (χ3v) is 4.58. The SMILES string of the molecule is CCCOc1ccccc1C(=O)N(Cc1ccco1)Cc1cccs1. The summed E-state index contributed by atoms with van der Waals surface area (Å²) in [5.74, 6) is 1.33. The van der Waals surface area contributed by atoms with Crippen molar-refractivity contribution in [1.29, 1.82) is 0 Å². The number of rotatable bonds is 8. The van der Waals surface area contributed by atoms with E-state index in [-0.39, 0.29) is 5.91 Å². The lowest BCUT2D eigenvalue weighted by molar-refractivity contribution is 0.0715. The maximum Gasteiger partial charge on any atom is 0.258 e. The van der Waals surface area contributed by atoms with Gasteiger partial charge >= 0.3 is 0 Å². The second-order valence-electron chi connectivity index (χ2n) is 5.66. The van der Waals surface area contributed by atoms with Gasteiger partial charge in [-0.1, -0.05) is 25.1 Å². The third-order valence-electron chi connectivity index (χ3n) is 3.72. The molecule has 0 N–H and O–H groups in total. The van der Waals surface area contributed by atoms with Crippen molar-refractivity contribution in [1.82, 2.24) is 4.90 Å².